The Labute approximate surface area is 134 Å². The maximum absolute atomic E-state index is 5.95. The molecule has 0 spiro atoms. The minimum Gasteiger partial charge on any atom is -0.241 e. The highest BCUT2D eigenvalue weighted by Crippen LogP contribution is 2.33. The molecule has 0 amide bonds. The van der Waals surface area contributed by atoms with E-state index in [9.17, 15) is 0 Å². The normalized spacial score (nSPS) is 14.1. The Bertz CT molecular complexity index is 551. The van der Waals surface area contributed by atoms with Crippen molar-refractivity contribution in [2.24, 2.45) is 0 Å². The van der Waals surface area contributed by atoms with E-state index in [-0.39, 0.29) is 0 Å². The van der Waals surface area contributed by atoms with Crippen LogP contribution in [0.4, 0.5) is 0 Å². The summed E-state index contributed by atoms with van der Waals surface area (Å²) in [5.74, 6) is 0. The number of nitrogens with zero attached hydrogens (tertiary/aromatic N) is 1. The van der Waals surface area contributed by atoms with Crippen LogP contribution in [-0.4, -0.2) is 10.8 Å². The van der Waals surface area contributed by atoms with Crippen LogP contribution in [0.2, 0.25) is 4.34 Å². The second-order valence-corrected chi connectivity index (χ2v) is 7.37. The molecule has 3 rings (SSSR count). The summed E-state index contributed by atoms with van der Waals surface area (Å²) in [6.07, 6.45) is 1.11. The van der Waals surface area contributed by atoms with Gasteiger partial charge in [0.15, 0.2) is 0 Å². The molecule has 0 saturated heterocycles. The van der Waals surface area contributed by atoms with E-state index < -0.39 is 0 Å². The molecule has 20 heavy (non-hydrogen) atoms. The fourth-order valence-corrected chi connectivity index (χ4v) is 4.04. The highest BCUT2D eigenvalue weighted by molar-refractivity contribution is 7.99. The molecule has 1 aromatic carbocycles. The molecule has 0 bridgehead atoms. The standard InChI is InChI=1S/C9H10ClNS2.C7H8/c1-2-12-11-4-3-7-5-9(10)13-8(7)6-11;1-7-5-3-2-4-6-7/h2,5H,1,3-4,6H2;2-6H,1H3. The molecule has 106 valence electrons. The average Bonchev–Trinajstić information content (AvgIpc) is 2.80. The molecule has 2 heterocycles. The molecule has 1 nitrogen and oxygen atoms in total. The first-order chi connectivity index (χ1) is 9.69. The second-order valence-electron chi connectivity index (χ2n) is 4.54. The molecule has 4 heteroatoms. The summed E-state index contributed by atoms with van der Waals surface area (Å²) < 4.78 is 3.22. The van der Waals surface area contributed by atoms with Crippen LogP contribution in [0, 0.1) is 6.92 Å². The lowest BCUT2D eigenvalue weighted by molar-refractivity contribution is 0.453. The van der Waals surface area contributed by atoms with Gasteiger partial charge in [-0.15, -0.1) is 11.3 Å². The van der Waals surface area contributed by atoms with E-state index in [1.807, 2.05) is 23.6 Å². The van der Waals surface area contributed by atoms with E-state index in [0.717, 1.165) is 23.8 Å². The molecule has 0 N–H and O–H groups in total. The third-order valence-corrected chi connectivity index (χ3v) is 5.03. The van der Waals surface area contributed by atoms with Crippen molar-refractivity contribution in [3.05, 3.63) is 68.7 Å². The van der Waals surface area contributed by atoms with Gasteiger partial charge in [0.25, 0.3) is 0 Å². The van der Waals surface area contributed by atoms with E-state index >= 15 is 0 Å². The van der Waals surface area contributed by atoms with Gasteiger partial charge in [-0.1, -0.05) is 66.0 Å². The number of thiophene rings is 1. The maximum atomic E-state index is 5.95. The highest BCUT2D eigenvalue weighted by Gasteiger charge is 2.18. The lowest BCUT2D eigenvalue weighted by Crippen LogP contribution is -2.22. The van der Waals surface area contributed by atoms with Crippen molar-refractivity contribution in [1.82, 2.24) is 4.31 Å². The summed E-state index contributed by atoms with van der Waals surface area (Å²) in [7, 11) is 0. The zero-order chi connectivity index (χ0) is 14.4. The Morgan fingerprint density at radius 2 is 2.10 bits per heavy atom. The van der Waals surface area contributed by atoms with Crippen LogP contribution in [-0.2, 0) is 13.0 Å². The SMILES string of the molecule is C=CSN1CCc2cc(Cl)sc2C1.Cc1ccccc1. The topological polar surface area (TPSA) is 3.24 Å². The van der Waals surface area contributed by atoms with Crippen molar-refractivity contribution in [1.29, 1.82) is 0 Å². The summed E-state index contributed by atoms with van der Waals surface area (Å²) in [4.78, 5) is 1.41. The minimum atomic E-state index is 0.912. The van der Waals surface area contributed by atoms with Gasteiger partial charge in [-0.2, -0.15) is 0 Å². The smallest absolute Gasteiger partial charge is 0.0934 e. The van der Waals surface area contributed by atoms with E-state index in [2.05, 4.69) is 36.0 Å². The van der Waals surface area contributed by atoms with Gasteiger partial charge in [-0.25, -0.2) is 4.31 Å². The van der Waals surface area contributed by atoms with Crippen molar-refractivity contribution >= 4 is 34.9 Å². The number of fused-ring (bicyclic) bond motifs is 1. The first-order valence-corrected chi connectivity index (χ1v) is 8.53. The monoisotopic (exact) mass is 323 g/mol. The van der Waals surface area contributed by atoms with E-state index in [1.165, 1.54) is 16.0 Å². The number of aryl methyl sites for hydroxylation is 1. The van der Waals surface area contributed by atoms with Crippen LogP contribution in [0.15, 0.2) is 48.4 Å². The predicted octanol–water partition coefficient (Wildman–Crippen LogP) is 5.55. The minimum absolute atomic E-state index is 0.912. The van der Waals surface area contributed by atoms with Crippen LogP contribution in [0.3, 0.4) is 0 Å². The third kappa shape index (κ3) is 4.67. The van der Waals surface area contributed by atoms with Crippen molar-refractivity contribution in [3.63, 3.8) is 0 Å². The molecule has 1 aromatic heterocycles. The Morgan fingerprint density at radius 1 is 1.35 bits per heavy atom. The molecular formula is C16H18ClNS2. The van der Waals surface area contributed by atoms with E-state index in [1.54, 1.807) is 23.3 Å². The molecule has 0 unspecified atom stereocenters. The van der Waals surface area contributed by atoms with Crippen molar-refractivity contribution in [2.75, 3.05) is 6.54 Å². The van der Waals surface area contributed by atoms with Crippen molar-refractivity contribution in [3.8, 4) is 0 Å². The zero-order valence-electron chi connectivity index (χ0n) is 11.5. The summed E-state index contributed by atoms with van der Waals surface area (Å²) in [5, 5.41) is 1.88. The van der Waals surface area contributed by atoms with Gasteiger partial charge in [-0.3, -0.25) is 0 Å². The van der Waals surface area contributed by atoms with Gasteiger partial charge in [-0.05, 0) is 30.4 Å². The summed E-state index contributed by atoms with van der Waals surface area (Å²) in [6.45, 7) is 7.90. The average molecular weight is 324 g/mol. The van der Waals surface area contributed by atoms with Gasteiger partial charge in [0.1, 0.15) is 0 Å². The fourth-order valence-electron chi connectivity index (χ4n) is 1.99. The largest absolute Gasteiger partial charge is 0.241 e. The van der Waals surface area contributed by atoms with Gasteiger partial charge in [0, 0.05) is 18.0 Å². The molecular weight excluding hydrogens is 306 g/mol. The van der Waals surface area contributed by atoms with Crippen LogP contribution in [0.25, 0.3) is 0 Å². The molecule has 0 fully saturated rings. The first-order valence-electron chi connectivity index (χ1n) is 6.50. The third-order valence-electron chi connectivity index (χ3n) is 2.98. The predicted molar refractivity (Wildman–Crippen MR) is 92.4 cm³/mol. The van der Waals surface area contributed by atoms with Gasteiger partial charge < -0.3 is 0 Å². The highest BCUT2D eigenvalue weighted by atomic mass is 35.5. The van der Waals surface area contributed by atoms with Gasteiger partial charge >= 0.3 is 0 Å². The summed E-state index contributed by atoms with van der Waals surface area (Å²) >= 11 is 9.33. The van der Waals surface area contributed by atoms with Crippen molar-refractivity contribution < 1.29 is 0 Å². The first kappa shape index (κ1) is 15.6. The number of hydrogen-bond acceptors (Lipinski definition) is 3. The van der Waals surface area contributed by atoms with Crippen LogP contribution in [0.1, 0.15) is 16.0 Å². The fraction of sp³-hybridized carbons (Fsp3) is 0.250. The van der Waals surface area contributed by atoms with E-state index in [0.29, 0.717) is 0 Å². The lowest BCUT2D eigenvalue weighted by atomic mass is 10.1. The number of rotatable bonds is 2. The lowest BCUT2D eigenvalue weighted by Gasteiger charge is -2.23. The molecule has 1 aliphatic rings. The van der Waals surface area contributed by atoms with Crippen LogP contribution in [0.5, 0.6) is 0 Å². The number of halogens is 1. The van der Waals surface area contributed by atoms with E-state index in [4.69, 9.17) is 11.6 Å². The molecule has 0 radical (unpaired) electrons. The Morgan fingerprint density at radius 3 is 2.70 bits per heavy atom. The van der Waals surface area contributed by atoms with Crippen molar-refractivity contribution in [2.45, 2.75) is 19.9 Å². The molecule has 0 aliphatic carbocycles. The second kappa shape index (κ2) is 7.89. The molecule has 1 aliphatic heterocycles. The number of hydrogen-bond donors (Lipinski definition) is 0. The number of benzene rings is 1. The summed E-state index contributed by atoms with van der Waals surface area (Å²) in [5.41, 5.74) is 2.75. The molecule has 0 saturated carbocycles. The Balaban J connectivity index is 0.000000178. The zero-order valence-corrected chi connectivity index (χ0v) is 13.9. The van der Waals surface area contributed by atoms with Gasteiger partial charge in [0.05, 0.1) is 4.34 Å². The Hall–Kier alpha value is -0.740. The quantitative estimate of drug-likeness (QED) is 0.667. The van der Waals surface area contributed by atoms with Crippen LogP contribution >= 0.6 is 34.9 Å². The molecule has 0 atom stereocenters. The van der Waals surface area contributed by atoms with Gasteiger partial charge in [0.2, 0.25) is 0 Å². The summed E-state index contributed by atoms with van der Waals surface area (Å²) in [6, 6.07) is 12.4. The molecule has 2 aromatic rings. The Kier molecular flexibility index (Phi) is 6.17. The van der Waals surface area contributed by atoms with Crippen LogP contribution < -0.4 is 0 Å². The maximum Gasteiger partial charge on any atom is 0.0934 e.